The zero-order valence-electron chi connectivity index (χ0n) is 6.07. The maximum absolute atomic E-state index is 12.7. The van der Waals surface area contributed by atoms with E-state index in [2.05, 4.69) is 30.2 Å². The van der Waals surface area contributed by atoms with E-state index in [9.17, 15) is 12.8 Å². The lowest BCUT2D eigenvalue weighted by Crippen LogP contribution is -2.19. The SMILES string of the molecule is NS(=O)(=O)Oc1cc(Br)cnc1F. The van der Waals surface area contributed by atoms with Crippen LogP contribution >= 0.6 is 15.9 Å². The Labute approximate surface area is 82.1 Å². The zero-order valence-corrected chi connectivity index (χ0v) is 8.47. The van der Waals surface area contributed by atoms with Crippen LogP contribution in [0.15, 0.2) is 16.7 Å². The van der Waals surface area contributed by atoms with Crippen LogP contribution < -0.4 is 9.32 Å². The van der Waals surface area contributed by atoms with E-state index in [-0.39, 0.29) is 0 Å². The molecule has 1 heterocycles. The van der Waals surface area contributed by atoms with Crippen LogP contribution in [0.4, 0.5) is 4.39 Å². The van der Waals surface area contributed by atoms with Gasteiger partial charge in [-0.25, -0.2) is 4.98 Å². The lowest BCUT2D eigenvalue weighted by molar-refractivity contribution is 0.451. The Morgan fingerprint density at radius 2 is 2.23 bits per heavy atom. The second-order valence-corrected chi connectivity index (χ2v) is 4.09. The molecule has 1 aromatic heterocycles. The topological polar surface area (TPSA) is 82.3 Å². The molecular formula is C5H4BrFN2O3S. The smallest absolute Gasteiger partial charge is 0.366 e. The van der Waals surface area contributed by atoms with Crippen molar-refractivity contribution in [2.75, 3.05) is 0 Å². The number of halogens is 2. The highest BCUT2D eigenvalue weighted by Gasteiger charge is 2.11. The molecule has 5 nitrogen and oxygen atoms in total. The highest BCUT2D eigenvalue weighted by atomic mass is 79.9. The Bertz CT molecular complexity index is 422. The molecule has 0 amide bonds. The van der Waals surface area contributed by atoms with Crippen molar-refractivity contribution in [2.24, 2.45) is 5.14 Å². The third-order valence-electron chi connectivity index (χ3n) is 0.979. The minimum absolute atomic E-state index is 0.382. The molecule has 8 heteroatoms. The number of pyridine rings is 1. The minimum Gasteiger partial charge on any atom is -0.366 e. The summed E-state index contributed by atoms with van der Waals surface area (Å²) < 4.78 is 38.0. The van der Waals surface area contributed by atoms with Crippen LogP contribution in [0.1, 0.15) is 0 Å². The van der Waals surface area contributed by atoms with Gasteiger partial charge in [-0.05, 0) is 15.9 Å². The van der Waals surface area contributed by atoms with Crippen LogP contribution in [-0.2, 0) is 10.3 Å². The average molecular weight is 271 g/mol. The first-order valence-corrected chi connectivity index (χ1v) is 5.18. The van der Waals surface area contributed by atoms with Gasteiger partial charge >= 0.3 is 10.3 Å². The Morgan fingerprint density at radius 3 is 2.77 bits per heavy atom. The molecule has 0 aliphatic heterocycles. The molecule has 0 saturated carbocycles. The second-order valence-electron chi connectivity index (χ2n) is 2.02. The number of nitrogens with zero attached hydrogens (tertiary/aromatic N) is 1. The van der Waals surface area contributed by atoms with Crippen molar-refractivity contribution in [3.05, 3.63) is 22.7 Å². The van der Waals surface area contributed by atoms with E-state index >= 15 is 0 Å². The molecule has 0 unspecified atom stereocenters. The molecule has 0 spiro atoms. The summed E-state index contributed by atoms with van der Waals surface area (Å²) in [6, 6.07) is 1.10. The predicted molar refractivity (Wildman–Crippen MR) is 45.6 cm³/mol. The summed E-state index contributed by atoms with van der Waals surface area (Å²) in [4.78, 5) is 3.20. The van der Waals surface area contributed by atoms with E-state index in [0.29, 0.717) is 4.47 Å². The van der Waals surface area contributed by atoms with Crippen molar-refractivity contribution in [3.8, 4) is 5.75 Å². The summed E-state index contributed by atoms with van der Waals surface area (Å²) >= 11 is 2.96. The summed E-state index contributed by atoms with van der Waals surface area (Å²) in [5, 5.41) is 4.53. The standard InChI is InChI=1S/C5H4BrFN2O3S/c6-3-1-4(5(7)9-2-3)12-13(8,10)11/h1-2H,(H2,8,10,11). The lowest BCUT2D eigenvalue weighted by atomic mass is 10.5. The van der Waals surface area contributed by atoms with Crippen molar-refractivity contribution >= 4 is 26.2 Å². The van der Waals surface area contributed by atoms with E-state index in [0.717, 1.165) is 12.3 Å². The fraction of sp³-hybridized carbons (Fsp3) is 0. The quantitative estimate of drug-likeness (QED) is 0.797. The van der Waals surface area contributed by atoms with Gasteiger partial charge in [0.15, 0.2) is 5.75 Å². The van der Waals surface area contributed by atoms with Gasteiger partial charge in [0.2, 0.25) is 0 Å². The second kappa shape index (κ2) is 3.56. The normalized spacial score (nSPS) is 11.3. The lowest BCUT2D eigenvalue weighted by Gasteiger charge is -2.02. The van der Waals surface area contributed by atoms with E-state index in [1.807, 2.05) is 0 Å². The number of hydrogen-bond donors (Lipinski definition) is 1. The van der Waals surface area contributed by atoms with Gasteiger partial charge in [0.25, 0.3) is 5.95 Å². The Hall–Kier alpha value is -0.730. The van der Waals surface area contributed by atoms with Crippen molar-refractivity contribution < 1.29 is 17.0 Å². The molecular weight excluding hydrogens is 267 g/mol. The van der Waals surface area contributed by atoms with Gasteiger partial charge in [-0.3, -0.25) is 0 Å². The minimum atomic E-state index is -4.22. The van der Waals surface area contributed by atoms with Crippen LogP contribution in [0.2, 0.25) is 0 Å². The molecule has 2 N–H and O–H groups in total. The van der Waals surface area contributed by atoms with Crippen molar-refractivity contribution in [3.63, 3.8) is 0 Å². The molecule has 72 valence electrons. The highest BCUT2D eigenvalue weighted by molar-refractivity contribution is 9.10. The molecule has 0 radical (unpaired) electrons. The molecule has 0 atom stereocenters. The van der Waals surface area contributed by atoms with Gasteiger partial charge in [-0.15, -0.1) is 0 Å². The number of rotatable bonds is 2. The highest BCUT2D eigenvalue weighted by Crippen LogP contribution is 2.20. The molecule has 0 saturated heterocycles. The van der Waals surface area contributed by atoms with Gasteiger partial charge in [0, 0.05) is 16.7 Å². The van der Waals surface area contributed by atoms with E-state index in [1.54, 1.807) is 0 Å². The zero-order chi connectivity index (χ0) is 10.1. The largest absolute Gasteiger partial charge is 0.380 e. The van der Waals surface area contributed by atoms with Gasteiger partial charge in [0.1, 0.15) is 0 Å². The van der Waals surface area contributed by atoms with Crippen molar-refractivity contribution in [1.82, 2.24) is 4.98 Å². The Kier molecular flexibility index (Phi) is 2.84. The summed E-state index contributed by atoms with van der Waals surface area (Å²) in [7, 11) is -4.22. The average Bonchev–Trinajstić information content (AvgIpc) is 1.94. The van der Waals surface area contributed by atoms with E-state index in [1.165, 1.54) is 0 Å². The number of aromatic nitrogens is 1. The van der Waals surface area contributed by atoms with Crippen molar-refractivity contribution in [1.29, 1.82) is 0 Å². The summed E-state index contributed by atoms with van der Waals surface area (Å²) in [6.07, 6.45) is 1.16. The van der Waals surface area contributed by atoms with E-state index in [4.69, 9.17) is 0 Å². The third kappa shape index (κ3) is 3.25. The summed E-state index contributed by atoms with van der Waals surface area (Å²) in [5.41, 5.74) is 0. The monoisotopic (exact) mass is 270 g/mol. The molecule has 0 aliphatic carbocycles. The first-order valence-electron chi connectivity index (χ1n) is 2.92. The van der Waals surface area contributed by atoms with Gasteiger partial charge in [-0.2, -0.15) is 17.9 Å². The molecule has 13 heavy (non-hydrogen) atoms. The van der Waals surface area contributed by atoms with Crippen LogP contribution in [0.25, 0.3) is 0 Å². The molecule has 1 aromatic rings. The first-order chi connectivity index (χ1) is 5.88. The maximum atomic E-state index is 12.7. The van der Waals surface area contributed by atoms with Crippen molar-refractivity contribution in [2.45, 2.75) is 0 Å². The van der Waals surface area contributed by atoms with Gasteiger partial charge in [0.05, 0.1) is 0 Å². The van der Waals surface area contributed by atoms with Crippen LogP contribution in [-0.4, -0.2) is 13.4 Å². The summed E-state index contributed by atoms with van der Waals surface area (Å²) in [6.45, 7) is 0. The molecule has 0 aromatic carbocycles. The van der Waals surface area contributed by atoms with Crippen LogP contribution in [0.3, 0.4) is 0 Å². The molecule has 0 bridgehead atoms. The predicted octanol–water partition coefficient (Wildman–Crippen LogP) is 0.565. The van der Waals surface area contributed by atoms with E-state index < -0.39 is 22.0 Å². The molecule has 0 fully saturated rings. The fourth-order valence-corrected chi connectivity index (χ4v) is 1.27. The maximum Gasteiger partial charge on any atom is 0.380 e. The molecule has 1 rings (SSSR count). The van der Waals surface area contributed by atoms with Crippen LogP contribution in [0, 0.1) is 5.95 Å². The molecule has 0 aliphatic rings. The Morgan fingerprint density at radius 1 is 1.62 bits per heavy atom. The Balaban J connectivity index is 3.08. The summed E-state index contributed by atoms with van der Waals surface area (Å²) in [5.74, 6) is -1.59. The number of hydrogen-bond acceptors (Lipinski definition) is 4. The van der Waals surface area contributed by atoms with Gasteiger partial charge < -0.3 is 4.18 Å². The fourth-order valence-electron chi connectivity index (χ4n) is 0.588. The first kappa shape index (κ1) is 10.4. The van der Waals surface area contributed by atoms with Crippen LogP contribution in [0.5, 0.6) is 5.75 Å². The number of nitrogens with two attached hydrogens (primary N) is 1. The van der Waals surface area contributed by atoms with Gasteiger partial charge in [-0.1, -0.05) is 0 Å². The third-order valence-corrected chi connectivity index (χ3v) is 1.83.